The van der Waals surface area contributed by atoms with E-state index in [0.29, 0.717) is 77.5 Å². The molecule has 0 radical (unpaired) electrons. The summed E-state index contributed by atoms with van der Waals surface area (Å²) in [5, 5.41) is 50.0. The molecule has 0 unspecified atom stereocenters. The zero-order chi connectivity index (χ0) is 45.1. The van der Waals surface area contributed by atoms with E-state index < -0.39 is 11.8 Å². The molecule has 6 N–H and O–H groups in total. The first kappa shape index (κ1) is 41.1. The van der Waals surface area contributed by atoms with Crippen molar-refractivity contribution < 1.29 is 29.3 Å². The van der Waals surface area contributed by atoms with Crippen LogP contribution in [0.3, 0.4) is 0 Å². The van der Waals surface area contributed by atoms with E-state index in [9.17, 15) is 19.8 Å². The molecule has 0 saturated carbocycles. The second-order valence-corrected chi connectivity index (χ2v) is 15.2. The van der Waals surface area contributed by atoms with Gasteiger partial charge < -0.3 is 31.2 Å². The molecule has 9 rings (SSSR count). The Bertz CT molecular complexity index is 3280. The molecular formula is C44H32Cl2N12O6. The third-order valence-corrected chi connectivity index (χ3v) is 11.1. The van der Waals surface area contributed by atoms with Crippen LogP contribution in [-0.4, -0.2) is 65.2 Å². The highest BCUT2D eigenvalue weighted by Gasteiger charge is 2.26. The monoisotopic (exact) mass is 894 g/mol. The number of carbonyl (C=O) groups excluding carboxylic acids is 2. The van der Waals surface area contributed by atoms with Crippen LogP contribution in [0.5, 0.6) is 23.3 Å². The average Bonchev–Trinajstić information content (AvgIpc) is 3.84. The van der Waals surface area contributed by atoms with Gasteiger partial charge in [-0.05, 0) is 97.8 Å². The van der Waals surface area contributed by atoms with Crippen molar-refractivity contribution in [2.24, 2.45) is 31.9 Å². The lowest BCUT2D eigenvalue weighted by atomic mass is 10.1. The van der Waals surface area contributed by atoms with E-state index in [-0.39, 0.29) is 56.7 Å². The number of halogens is 2. The molecule has 0 bridgehead atoms. The molecular weight excluding hydrogens is 863 g/mol. The van der Waals surface area contributed by atoms with Crippen LogP contribution in [0.4, 0.5) is 22.7 Å². The first-order chi connectivity index (χ1) is 30.8. The number of ether oxygens (including phenoxy) is 2. The molecule has 0 aliphatic rings. The number of hydrogen-bond acceptors (Lipinski definition) is 14. The van der Waals surface area contributed by atoms with E-state index in [1.165, 1.54) is 23.0 Å². The van der Waals surface area contributed by atoms with Gasteiger partial charge in [-0.2, -0.15) is 0 Å². The van der Waals surface area contributed by atoms with Gasteiger partial charge >= 0.3 is 0 Å². The minimum absolute atomic E-state index is 0.0109. The predicted octanol–water partition coefficient (Wildman–Crippen LogP) is 9.79. The summed E-state index contributed by atoms with van der Waals surface area (Å²) < 4.78 is 14.1. The van der Waals surface area contributed by atoms with E-state index in [0.717, 1.165) is 0 Å². The number of carbonyl (C=O) groups is 2. The van der Waals surface area contributed by atoms with Gasteiger partial charge in [-0.3, -0.25) is 18.4 Å². The highest BCUT2D eigenvalue weighted by molar-refractivity contribution is 6.31. The summed E-state index contributed by atoms with van der Waals surface area (Å²) in [4.78, 5) is 34.3. The van der Waals surface area contributed by atoms with Crippen molar-refractivity contribution in [1.82, 2.24) is 29.0 Å². The number of rotatable bonds is 10. The zero-order valence-corrected chi connectivity index (χ0v) is 35.5. The third-order valence-electron chi connectivity index (χ3n) is 10.6. The number of methoxy groups -OCH3 is 2. The number of aromatic hydroxyl groups is 2. The SMILES string of the molecule is COc1cc(-c2ccc(-c3ccc(N=Nc4c(C)c(C(N)=O)c5nc6cc(Cl)ccc6n5c4O)c(OC)c3)nn2)ccc1N=Nc1c(C)c(C(N)=O)c2nc3cc(Cl)ccc3n2c1O. The molecule has 2 amide bonds. The second-order valence-electron chi connectivity index (χ2n) is 14.4. The third kappa shape index (κ3) is 6.86. The number of aromatic nitrogens is 6. The average molecular weight is 896 g/mol. The molecule has 18 nitrogen and oxygen atoms in total. The van der Waals surface area contributed by atoms with E-state index in [1.807, 2.05) is 0 Å². The highest BCUT2D eigenvalue weighted by Crippen LogP contribution is 2.42. The van der Waals surface area contributed by atoms with Crippen molar-refractivity contribution in [3.63, 3.8) is 0 Å². The topological polar surface area (TPSA) is 255 Å². The smallest absolute Gasteiger partial charge is 0.252 e. The Kier molecular flexibility index (Phi) is 10.2. The van der Waals surface area contributed by atoms with Crippen LogP contribution in [0.25, 0.3) is 55.9 Å². The molecule has 0 spiro atoms. The predicted molar refractivity (Wildman–Crippen MR) is 240 cm³/mol. The Morgan fingerprint density at radius 1 is 0.594 bits per heavy atom. The van der Waals surface area contributed by atoms with Crippen LogP contribution >= 0.6 is 23.2 Å². The first-order valence-electron chi connectivity index (χ1n) is 19.1. The number of hydrogen-bond donors (Lipinski definition) is 4. The van der Waals surface area contributed by atoms with Gasteiger partial charge in [0.2, 0.25) is 11.8 Å². The lowest BCUT2D eigenvalue weighted by Crippen LogP contribution is -2.15. The summed E-state index contributed by atoms with van der Waals surface area (Å²) in [5.74, 6) is -1.42. The second kappa shape index (κ2) is 15.9. The van der Waals surface area contributed by atoms with Gasteiger partial charge in [0.1, 0.15) is 34.2 Å². The van der Waals surface area contributed by atoms with Gasteiger partial charge in [-0.25, -0.2) is 9.97 Å². The Balaban J connectivity index is 0.989. The summed E-state index contributed by atoms with van der Waals surface area (Å²) in [6, 6.07) is 23.7. The number of nitrogens with two attached hydrogens (primary N) is 2. The number of fused-ring (bicyclic) bond motifs is 6. The molecule has 318 valence electrons. The molecule has 4 aromatic carbocycles. The van der Waals surface area contributed by atoms with Gasteiger partial charge in [0, 0.05) is 21.2 Å². The summed E-state index contributed by atoms with van der Waals surface area (Å²) in [5.41, 5.74) is 17.5. The molecule has 0 atom stereocenters. The van der Waals surface area contributed by atoms with Crippen LogP contribution in [0.1, 0.15) is 31.8 Å². The minimum atomic E-state index is -0.756. The molecule has 9 aromatic rings. The molecule has 0 fully saturated rings. The molecule has 5 aromatic heterocycles. The minimum Gasteiger partial charge on any atom is -0.494 e. The Hall–Kier alpha value is -8.22. The number of pyridine rings is 2. The quantitative estimate of drug-likeness (QED) is 0.0945. The van der Waals surface area contributed by atoms with Crippen LogP contribution in [0.15, 0.2) is 105 Å². The van der Waals surface area contributed by atoms with E-state index in [4.69, 9.17) is 44.1 Å². The van der Waals surface area contributed by atoms with Gasteiger partial charge in [0.25, 0.3) is 11.8 Å². The number of primary amides is 2. The van der Waals surface area contributed by atoms with Gasteiger partial charge in [0.15, 0.2) is 11.3 Å². The molecule has 64 heavy (non-hydrogen) atoms. The van der Waals surface area contributed by atoms with Gasteiger partial charge in [-0.15, -0.1) is 30.7 Å². The summed E-state index contributed by atoms with van der Waals surface area (Å²) >= 11 is 12.3. The van der Waals surface area contributed by atoms with Crippen molar-refractivity contribution in [2.45, 2.75) is 13.8 Å². The Morgan fingerprint density at radius 2 is 1.00 bits per heavy atom. The number of imidazole rings is 2. The molecule has 0 aliphatic heterocycles. The fraction of sp³-hybridized carbons (Fsp3) is 0.0909. The standard InChI is InChI=1S/C44H32Cl2N12O6/c1-19-35(39(47)59)41-49-29-17-23(45)7-13-31(29)57(41)43(61)37(19)55-53-27-9-5-21(15-33(27)63-3)25-11-12-26(52-51-25)22-6-10-28(34(16-22)64-4)54-56-38-20(2)36(40(48)60)42-50-30-18-24(46)8-14-32(30)58(42)44(38)62/h5-18,61-62H,1-4H3,(H2,47,59)(H2,48,60). The van der Waals surface area contributed by atoms with Crippen molar-refractivity contribution >= 4 is 91.1 Å². The number of nitrogens with zero attached hydrogens (tertiary/aromatic N) is 10. The van der Waals surface area contributed by atoms with E-state index in [2.05, 4.69) is 40.6 Å². The molecule has 0 saturated heterocycles. The summed E-state index contributed by atoms with van der Waals surface area (Å²) in [7, 11) is 2.95. The van der Waals surface area contributed by atoms with Crippen LogP contribution in [-0.2, 0) is 0 Å². The maximum absolute atomic E-state index is 12.6. The molecule has 0 aliphatic carbocycles. The van der Waals surface area contributed by atoms with Crippen LogP contribution < -0.4 is 20.9 Å². The number of amides is 2. The van der Waals surface area contributed by atoms with E-state index >= 15 is 0 Å². The Morgan fingerprint density at radius 3 is 1.36 bits per heavy atom. The normalized spacial score (nSPS) is 11.8. The van der Waals surface area contributed by atoms with Crippen molar-refractivity contribution in [1.29, 1.82) is 0 Å². The van der Waals surface area contributed by atoms with Crippen molar-refractivity contribution in [2.75, 3.05) is 14.2 Å². The lowest BCUT2D eigenvalue weighted by Gasteiger charge is -2.11. The fourth-order valence-corrected chi connectivity index (χ4v) is 7.84. The maximum atomic E-state index is 12.6. The van der Waals surface area contributed by atoms with Crippen molar-refractivity contribution in [3.05, 3.63) is 117 Å². The zero-order valence-electron chi connectivity index (χ0n) is 34.0. The van der Waals surface area contributed by atoms with Crippen molar-refractivity contribution in [3.8, 4) is 45.8 Å². The largest absolute Gasteiger partial charge is 0.494 e. The van der Waals surface area contributed by atoms with Crippen LogP contribution in [0.2, 0.25) is 10.0 Å². The van der Waals surface area contributed by atoms with Crippen LogP contribution in [0, 0.1) is 13.8 Å². The maximum Gasteiger partial charge on any atom is 0.252 e. The summed E-state index contributed by atoms with van der Waals surface area (Å²) in [6.45, 7) is 3.19. The molecule has 20 heteroatoms. The van der Waals surface area contributed by atoms with Gasteiger partial charge in [0.05, 0.1) is 58.8 Å². The first-order valence-corrected chi connectivity index (χ1v) is 19.8. The Labute approximate surface area is 371 Å². The number of azo groups is 2. The molecule has 5 heterocycles. The fourth-order valence-electron chi connectivity index (χ4n) is 7.51. The van der Waals surface area contributed by atoms with Gasteiger partial charge in [-0.1, -0.05) is 35.3 Å². The summed E-state index contributed by atoms with van der Waals surface area (Å²) in [6.07, 6.45) is 0. The lowest BCUT2D eigenvalue weighted by molar-refractivity contribution is 0.0992. The van der Waals surface area contributed by atoms with E-state index in [1.54, 1.807) is 98.8 Å². The number of benzene rings is 4. The highest BCUT2D eigenvalue weighted by atomic mass is 35.5.